The maximum Gasteiger partial charge on any atom is 0.141 e. The maximum atomic E-state index is 12.8. The van der Waals surface area contributed by atoms with Crippen molar-refractivity contribution >= 4 is 0 Å². The molecule has 0 amide bonds. The minimum Gasteiger partial charge on any atom is -0.396 e. The molecule has 1 saturated carbocycles. The van der Waals surface area contributed by atoms with Crippen LogP contribution in [0.4, 0.5) is 4.39 Å². The monoisotopic (exact) mass is 238 g/mol. The Morgan fingerprint density at radius 2 is 2.29 bits per heavy atom. The van der Waals surface area contributed by atoms with Gasteiger partial charge in [0, 0.05) is 18.7 Å². The summed E-state index contributed by atoms with van der Waals surface area (Å²) in [5.41, 5.74) is 0.843. The first-order chi connectivity index (χ1) is 8.20. The van der Waals surface area contributed by atoms with Crippen LogP contribution in [0.1, 0.15) is 37.9 Å². The normalized spacial score (nSPS) is 19.0. The molecule has 0 aromatic carbocycles. The van der Waals surface area contributed by atoms with E-state index in [1.165, 1.54) is 25.1 Å². The predicted octanol–water partition coefficient (Wildman–Crippen LogP) is 2.03. The molecule has 4 heteroatoms. The van der Waals surface area contributed by atoms with Gasteiger partial charge in [-0.1, -0.05) is 0 Å². The average Bonchev–Trinajstić information content (AvgIpc) is 3.13. The summed E-state index contributed by atoms with van der Waals surface area (Å²) in [6, 6.07) is 3.57. The zero-order valence-corrected chi connectivity index (χ0v) is 10.1. The fraction of sp³-hybridized carbons (Fsp3) is 0.615. The summed E-state index contributed by atoms with van der Waals surface area (Å²) in [7, 11) is 0. The van der Waals surface area contributed by atoms with Crippen LogP contribution < -0.4 is 5.32 Å². The summed E-state index contributed by atoms with van der Waals surface area (Å²) < 4.78 is 12.8. The number of hydrogen-bond donors (Lipinski definition) is 2. The van der Waals surface area contributed by atoms with Gasteiger partial charge in [-0.25, -0.2) is 4.39 Å². The van der Waals surface area contributed by atoms with Crippen LogP contribution >= 0.6 is 0 Å². The molecule has 1 aliphatic carbocycles. The zero-order valence-electron chi connectivity index (χ0n) is 10.1. The third-order valence-electron chi connectivity index (χ3n) is 3.29. The van der Waals surface area contributed by atoms with Gasteiger partial charge < -0.3 is 10.4 Å². The molecule has 0 aliphatic heterocycles. The largest absolute Gasteiger partial charge is 0.396 e. The van der Waals surface area contributed by atoms with E-state index in [1.807, 2.05) is 6.92 Å². The third-order valence-corrected chi connectivity index (χ3v) is 3.29. The second-order valence-electron chi connectivity index (χ2n) is 4.75. The molecule has 0 radical (unpaired) electrons. The molecular weight excluding hydrogens is 219 g/mol. The molecule has 0 bridgehead atoms. The van der Waals surface area contributed by atoms with Crippen LogP contribution in [0, 0.1) is 11.7 Å². The van der Waals surface area contributed by atoms with Crippen molar-refractivity contribution in [2.75, 3.05) is 6.61 Å². The Hall–Kier alpha value is -1.00. The molecule has 1 aromatic heterocycles. The van der Waals surface area contributed by atoms with Crippen molar-refractivity contribution in [3.05, 3.63) is 29.8 Å². The van der Waals surface area contributed by atoms with Crippen LogP contribution in [0.2, 0.25) is 0 Å². The van der Waals surface area contributed by atoms with E-state index >= 15 is 0 Å². The SMILES string of the molecule is CC(NC(CCO)C1CC1)c1ccc(F)cn1. The minimum absolute atomic E-state index is 0.0905. The molecule has 0 saturated heterocycles. The topological polar surface area (TPSA) is 45.1 Å². The molecule has 0 spiro atoms. The van der Waals surface area contributed by atoms with Crippen LogP contribution in [0.15, 0.2) is 18.3 Å². The molecule has 1 aromatic rings. The van der Waals surface area contributed by atoms with Crippen molar-refractivity contribution in [1.29, 1.82) is 0 Å². The van der Waals surface area contributed by atoms with Gasteiger partial charge in [0.2, 0.25) is 0 Å². The van der Waals surface area contributed by atoms with Gasteiger partial charge >= 0.3 is 0 Å². The molecule has 1 heterocycles. The molecule has 3 nitrogen and oxygen atoms in total. The quantitative estimate of drug-likeness (QED) is 0.797. The van der Waals surface area contributed by atoms with Crippen molar-refractivity contribution in [2.45, 2.75) is 38.3 Å². The maximum absolute atomic E-state index is 12.8. The summed E-state index contributed by atoms with van der Waals surface area (Å²) in [4.78, 5) is 4.07. The first kappa shape index (κ1) is 12.5. The van der Waals surface area contributed by atoms with Crippen LogP contribution in [-0.4, -0.2) is 22.7 Å². The Kier molecular flexibility index (Phi) is 4.07. The summed E-state index contributed by atoms with van der Waals surface area (Å²) in [5, 5.41) is 12.5. The summed E-state index contributed by atoms with van der Waals surface area (Å²) in [6.45, 7) is 2.23. The van der Waals surface area contributed by atoms with Crippen molar-refractivity contribution in [3.63, 3.8) is 0 Å². The van der Waals surface area contributed by atoms with E-state index in [2.05, 4.69) is 10.3 Å². The lowest BCUT2D eigenvalue weighted by Crippen LogP contribution is -2.34. The highest BCUT2D eigenvalue weighted by molar-refractivity contribution is 5.09. The van der Waals surface area contributed by atoms with E-state index < -0.39 is 0 Å². The highest BCUT2D eigenvalue weighted by Crippen LogP contribution is 2.34. The molecule has 2 rings (SSSR count). The number of aliphatic hydroxyl groups excluding tert-OH is 1. The van der Waals surface area contributed by atoms with Crippen LogP contribution in [0.25, 0.3) is 0 Å². The number of nitrogens with one attached hydrogen (secondary N) is 1. The van der Waals surface area contributed by atoms with Crippen LogP contribution in [0.3, 0.4) is 0 Å². The molecule has 2 atom stereocenters. The van der Waals surface area contributed by atoms with Crippen molar-refractivity contribution in [3.8, 4) is 0 Å². The second-order valence-corrected chi connectivity index (χ2v) is 4.75. The number of halogens is 1. The van der Waals surface area contributed by atoms with Crippen molar-refractivity contribution in [1.82, 2.24) is 10.3 Å². The van der Waals surface area contributed by atoms with Crippen LogP contribution in [-0.2, 0) is 0 Å². The Balaban J connectivity index is 1.94. The Morgan fingerprint density at radius 3 is 2.82 bits per heavy atom. The van der Waals surface area contributed by atoms with Gasteiger partial charge in [0.25, 0.3) is 0 Å². The number of aliphatic hydroxyl groups is 1. The molecule has 2 N–H and O–H groups in total. The fourth-order valence-corrected chi connectivity index (χ4v) is 2.14. The van der Waals surface area contributed by atoms with Gasteiger partial charge in [0.15, 0.2) is 0 Å². The summed E-state index contributed by atoms with van der Waals surface area (Å²) in [5.74, 6) is 0.375. The van der Waals surface area contributed by atoms with E-state index in [4.69, 9.17) is 5.11 Å². The Morgan fingerprint density at radius 1 is 1.53 bits per heavy atom. The number of pyridine rings is 1. The van der Waals surface area contributed by atoms with E-state index in [0.717, 1.165) is 12.1 Å². The minimum atomic E-state index is -0.310. The standard InChI is InChI=1S/C13H19FN2O/c1-9(12-5-4-11(14)8-15-12)16-13(6-7-17)10-2-3-10/h4-5,8-10,13,16-17H,2-3,6-7H2,1H3. The lowest BCUT2D eigenvalue weighted by atomic mass is 10.1. The number of rotatable bonds is 6. The lowest BCUT2D eigenvalue weighted by molar-refractivity contribution is 0.249. The zero-order chi connectivity index (χ0) is 12.3. The molecule has 1 aliphatic rings. The van der Waals surface area contributed by atoms with E-state index in [0.29, 0.717) is 12.0 Å². The second kappa shape index (κ2) is 5.56. The molecule has 94 valence electrons. The van der Waals surface area contributed by atoms with Gasteiger partial charge in [-0.15, -0.1) is 0 Å². The van der Waals surface area contributed by atoms with E-state index in [9.17, 15) is 4.39 Å². The third kappa shape index (κ3) is 3.48. The van der Waals surface area contributed by atoms with E-state index in [1.54, 1.807) is 6.07 Å². The highest BCUT2D eigenvalue weighted by Gasteiger charge is 2.31. The Labute approximate surface area is 101 Å². The number of nitrogens with zero attached hydrogens (tertiary/aromatic N) is 1. The Bertz CT molecular complexity index is 351. The number of aromatic nitrogens is 1. The first-order valence-corrected chi connectivity index (χ1v) is 6.19. The van der Waals surface area contributed by atoms with Crippen LogP contribution in [0.5, 0.6) is 0 Å². The molecular formula is C13H19FN2O. The van der Waals surface area contributed by atoms with Crippen molar-refractivity contribution < 1.29 is 9.50 Å². The number of hydrogen-bond acceptors (Lipinski definition) is 3. The molecule has 2 unspecified atom stereocenters. The van der Waals surface area contributed by atoms with E-state index in [-0.39, 0.29) is 18.5 Å². The van der Waals surface area contributed by atoms with Crippen molar-refractivity contribution in [2.24, 2.45) is 5.92 Å². The first-order valence-electron chi connectivity index (χ1n) is 6.19. The summed E-state index contributed by atoms with van der Waals surface area (Å²) in [6.07, 6.45) is 4.49. The predicted molar refractivity (Wildman–Crippen MR) is 64.0 cm³/mol. The van der Waals surface area contributed by atoms with Gasteiger partial charge in [0.1, 0.15) is 5.82 Å². The van der Waals surface area contributed by atoms with Gasteiger partial charge in [-0.05, 0) is 44.2 Å². The molecule has 17 heavy (non-hydrogen) atoms. The highest BCUT2D eigenvalue weighted by atomic mass is 19.1. The van der Waals surface area contributed by atoms with Gasteiger partial charge in [-0.2, -0.15) is 0 Å². The fourth-order valence-electron chi connectivity index (χ4n) is 2.14. The van der Waals surface area contributed by atoms with Gasteiger partial charge in [-0.3, -0.25) is 4.98 Å². The smallest absolute Gasteiger partial charge is 0.141 e. The molecule has 1 fully saturated rings. The van der Waals surface area contributed by atoms with Gasteiger partial charge in [0.05, 0.1) is 11.9 Å². The lowest BCUT2D eigenvalue weighted by Gasteiger charge is -2.22. The summed E-state index contributed by atoms with van der Waals surface area (Å²) >= 11 is 0. The average molecular weight is 238 g/mol.